The van der Waals surface area contributed by atoms with Crippen LogP contribution in [0.2, 0.25) is 5.15 Å². The molecular formula is C18H19ClN4O2. The molecule has 6 nitrogen and oxygen atoms in total. The molecule has 2 heterocycles. The molecule has 1 aromatic heterocycles. The van der Waals surface area contributed by atoms with Crippen molar-refractivity contribution in [1.29, 1.82) is 0 Å². The van der Waals surface area contributed by atoms with Crippen LogP contribution < -0.4 is 10.2 Å². The van der Waals surface area contributed by atoms with Gasteiger partial charge in [-0.15, -0.1) is 0 Å². The van der Waals surface area contributed by atoms with Gasteiger partial charge in [0.25, 0.3) is 5.91 Å². The second-order valence-corrected chi connectivity index (χ2v) is 6.12. The molecule has 2 aromatic rings. The van der Waals surface area contributed by atoms with E-state index < -0.39 is 0 Å². The molecule has 25 heavy (non-hydrogen) atoms. The summed E-state index contributed by atoms with van der Waals surface area (Å²) in [5.74, 6) is 0.496. The molecule has 0 atom stereocenters. The third kappa shape index (κ3) is 4.48. The maximum atomic E-state index is 12.3. The fraction of sp³-hybridized carbons (Fsp3) is 0.278. The minimum Gasteiger partial charge on any atom is -0.353 e. The molecule has 1 aliphatic rings. The van der Waals surface area contributed by atoms with Gasteiger partial charge in [0.05, 0.1) is 6.54 Å². The van der Waals surface area contributed by atoms with E-state index in [1.807, 2.05) is 18.2 Å². The number of carbonyl (C=O) groups excluding carboxylic acids is 2. The summed E-state index contributed by atoms with van der Waals surface area (Å²) in [5.41, 5.74) is 0.548. The molecule has 0 saturated carbocycles. The number of benzene rings is 1. The number of pyridine rings is 1. The SMILES string of the molecule is O=C(NCC(=O)N1CCN(c2cccc(Cl)n2)CC1)c1ccccc1. The Morgan fingerprint density at radius 3 is 2.40 bits per heavy atom. The Morgan fingerprint density at radius 2 is 1.72 bits per heavy atom. The quantitative estimate of drug-likeness (QED) is 0.847. The van der Waals surface area contributed by atoms with Gasteiger partial charge in [0.1, 0.15) is 11.0 Å². The monoisotopic (exact) mass is 358 g/mol. The number of halogens is 1. The van der Waals surface area contributed by atoms with Gasteiger partial charge in [-0.3, -0.25) is 9.59 Å². The van der Waals surface area contributed by atoms with Crippen LogP contribution in [0.25, 0.3) is 0 Å². The molecule has 3 rings (SSSR count). The minimum atomic E-state index is -0.240. The van der Waals surface area contributed by atoms with Crippen molar-refractivity contribution in [3.63, 3.8) is 0 Å². The molecule has 1 aliphatic heterocycles. The summed E-state index contributed by atoms with van der Waals surface area (Å²) >= 11 is 5.92. The first kappa shape index (κ1) is 17.2. The maximum Gasteiger partial charge on any atom is 0.251 e. The van der Waals surface area contributed by atoms with E-state index in [1.165, 1.54) is 0 Å². The first-order chi connectivity index (χ1) is 12.1. The van der Waals surface area contributed by atoms with Crippen molar-refractivity contribution in [3.05, 3.63) is 59.2 Å². The lowest BCUT2D eigenvalue weighted by Gasteiger charge is -2.35. The van der Waals surface area contributed by atoms with Crippen LogP contribution in [-0.4, -0.2) is 54.4 Å². The molecule has 2 amide bonds. The predicted octanol–water partition coefficient (Wildman–Crippen LogP) is 1.81. The van der Waals surface area contributed by atoms with E-state index >= 15 is 0 Å². The van der Waals surface area contributed by atoms with Gasteiger partial charge in [-0.25, -0.2) is 4.98 Å². The standard InChI is InChI=1S/C18H19ClN4O2/c19-15-7-4-8-16(21-15)22-9-11-23(12-10-22)17(24)13-20-18(25)14-5-2-1-3-6-14/h1-8H,9-13H2,(H,20,25). The van der Waals surface area contributed by atoms with Crippen LogP contribution in [0.1, 0.15) is 10.4 Å². The van der Waals surface area contributed by atoms with Crippen LogP contribution in [0.3, 0.4) is 0 Å². The van der Waals surface area contributed by atoms with Crippen molar-refractivity contribution in [2.75, 3.05) is 37.6 Å². The minimum absolute atomic E-state index is 0.00312. The predicted molar refractivity (Wildman–Crippen MR) is 96.8 cm³/mol. The third-order valence-electron chi connectivity index (χ3n) is 4.09. The molecule has 0 bridgehead atoms. The number of hydrogen-bond acceptors (Lipinski definition) is 4. The van der Waals surface area contributed by atoms with Gasteiger partial charge in [-0.05, 0) is 24.3 Å². The topological polar surface area (TPSA) is 65.5 Å². The highest BCUT2D eigenvalue weighted by Gasteiger charge is 2.22. The summed E-state index contributed by atoms with van der Waals surface area (Å²) in [7, 11) is 0. The molecule has 7 heteroatoms. The lowest BCUT2D eigenvalue weighted by Crippen LogP contribution is -2.51. The third-order valence-corrected chi connectivity index (χ3v) is 4.30. The van der Waals surface area contributed by atoms with Crippen LogP contribution in [-0.2, 0) is 4.79 Å². The molecular weight excluding hydrogens is 340 g/mol. The lowest BCUT2D eigenvalue weighted by atomic mass is 10.2. The highest BCUT2D eigenvalue weighted by atomic mass is 35.5. The Hall–Kier alpha value is -2.60. The Bertz CT molecular complexity index is 746. The smallest absolute Gasteiger partial charge is 0.251 e. The molecule has 1 saturated heterocycles. The normalized spacial score (nSPS) is 14.3. The van der Waals surface area contributed by atoms with E-state index in [1.54, 1.807) is 35.2 Å². The largest absolute Gasteiger partial charge is 0.353 e. The van der Waals surface area contributed by atoms with Crippen molar-refractivity contribution < 1.29 is 9.59 Å². The summed E-state index contributed by atoms with van der Waals surface area (Å²) in [4.78, 5) is 32.4. The van der Waals surface area contributed by atoms with Crippen molar-refractivity contribution in [3.8, 4) is 0 Å². The number of amides is 2. The van der Waals surface area contributed by atoms with E-state index in [9.17, 15) is 9.59 Å². The van der Waals surface area contributed by atoms with Crippen LogP contribution in [0, 0.1) is 0 Å². The summed E-state index contributed by atoms with van der Waals surface area (Å²) in [6.07, 6.45) is 0. The lowest BCUT2D eigenvalue weighted by molar-refractivity contribution is -0.130. The summed E-state index contributed by atoms with van der Waals surface area (Å²) in [5, 5.41) is 3.13. The van der Waals surface area contributed by atoms with Gasteiger partial charge in [0, 0.05) is 31.7 Å². The Morgan fingerprint density at radius 1 is 1.00 bits per heavy atom. The number of nitrogens with one attached hydrogen (secondary N) is 1. The van der Waals surface area contributed by atoms with Crippen molar-refractivity contribution >= 4 is 29.2 Å². The second-order valence-electron chi connectivity index (χ2n) is 5.74. The zero-order valence-electron chi connectivity index (χ0n) is 13.7. The number of rotatable bonds is 4. The van der Waals surface area contributed by atoms with Gasteiger partial charge >= 0.3 is 0 Å². The van der Waals surface area contributed by atoms with Crippen LogP contribution in [0.5, 0.6) is 0 Å². The molecule has 1 fully saturated rings. The number of anilines is 1. The summed E-state index contributed by atoms with van der Waals surface area (Å²) in [6, 6.07) is 14.4. The Labute approximate surface area is 151 Å². The average Bonchev–Trinajstić information content (AvgIpc) is 2.66. The number of carbonyl (C=O) groups is 2. The zero-order chi connectivity index (χ0) is 17.6. The van der Waals surface area contributed by atoms with E-state index in [-0.39, 0.29) is 18.4 Å². The van der Waals surface area contributed by atoms with Crippen LogP contribution in [0.15, 0.2) is 48.5 Å². The van der Waals surface area contributed by atoms with Crippen molar-refractivity contribution in [1.82, 2.24) is 15.2 Å². The molecule has 0 aliphatic carbocycles. The van der Waals surface area contributed by atoms with E-state index in [0.29, 0.717) is 36.9 Å². The van der Waals surface area contributed by atoms with Gasteiger partial charge < -0.3 is 15.1 Å². The number of aromatic nitrogens is 1. The molecule has 0 spiro atoms. The highest BCUT2D eigenvalue weighted by Crippen LogP contribution is 2.16. The first-order valence-electron chi connectivity index (χ1n) is 8.12. The summed E-state index contributed by atoms with van der Waals surface area (Å²) in [6.45, 7) is 2.56. The number of hydrogen-bond donors (Lipinski definition) is 1. The van der Waals surface area contributed by atoms with Crippen LogP contribution >= 0.6 is 11.6 Å². The number of nitrogens with zero attached hydrogens (tertiary/aromatic N) is 3. The van der Waals surface area contributed by atoms with Gasteiger partial charge in [0.15, 0.2) is 0 Å². The van der Waals surface area contributed by atoms with Gasteiger partial charge in [0.2, 0.25) is 5.91 Å². The molecule has 1 aromatic carbocycles. The van der Waals surface area contributed by atoms with Crippen LogP contribution in [0.4, 0.5) is 5.82 Å². The fourth-order valence-electron chi connectivity index (χ4n) is 2.72. The van der Waals surface area contributed by atoms with Crippen molar-refractivity contribution in [2.24, 2.45) is 0 Å². The first-order valence-corrected chi connectivity index (χ1v) is 8.50. The number of piperazine rings is 1. The second kappa shape index (κ2) is 7.98. The Kier molecular flexibility index (Phi) is 5.50. The van der Waals surface area contributed by atoms with E-state index in [0.717, 1.165) is 5.82 Å². The molecule has 1 N–H and O–H groups in total. The fourth-order valence-corrected chi connectivity index (χ4v) is 2.88. The maximum absolute atomic E-state index is 12.3. The van der Waals surface area contributed by atoms with E-state index in [4.69, 9.17) is 11.6 Å². The summed E-state index contributed by atoms with van der Waals surface area (Å²) < 4.78 is 0. The van der Waals surface area contributed by atoms with Gasteiger partial charge in [-0.2, -0.15) is 0 Å². The van der Waals surface area contributed by atoms with Crippen molar-refractivity contribution in [2.45, 2.75) is 0 Å². The Balaban J connectivity index is 1.48. The van der Waals surface area contributed by atoms with E-state index in [2.05, 4.69) is 15.2 Å². The average molecular weight is 359 g/mol. The van der Waals surface area contributed by atoms with Gasteiger partial charge in [-0.1, -0.05) is 35.9 Å². The zero-order valence-corrected chi connectivity index (χ0v) is 14.4. The molecule has 0 radical (unpaired) electrons. The highest BCUT2D eigenvalue weighted by molar-refractivity contribution is 6.29. The molecule has 130 valence electrons. The molecule has 0 unspecified atom stereocenters.